The summed E-state index contributed by atoms with van der Waals surface area (Å²) in [6.45, 7) is 1.83. The van der Waals surface area contributed by atoms with Crippen LogP contribution >= 0.6 is 11.3 Å². The summed E-state index contributed by atoms with van der Waals surface area (Å²) in [4.78, 5) is 4.64. The van der Waals surface area contributed by atoms with Gasteiger partial charge in [0, 0.05) is 23.3 Å². The number of hydrogen-bond donors (Lipinski definition) is 1. The first kappa shape index (κ1) is 12.7. The van der Waals surface area contributed by atoms with Crippen molar-refractivity contribution in [2.45, 2.75) is 18.4 Å². The molecule has 0 unspecified atom stereocenters. The van der Waals surface area contributed by atoms with E-state index in [0.717, 1.165) is 31.5 Å². The number of thiophene rings is 1. The van der Waals surface area contributed by atoms with Crippen LogP contribution in [0.2, 0.25) is 0 Å². The van der Waals surface area contributed by atoms with Crippen LogP contribution in [0, 0.1) is 0 Å². The van der Waals surface area contributed by atoms with E-state index < -0.39 is 0 Å². The topological polar surface area (TPSA) is 68.8 Å². The zero-order valence-electron chi connectivity index (χ0n) is 11.4. The number of nitrogens with one attached hydrogen (secondary N) is 1. The Bertz CT molecular complexity index is 698. The van der Waals surface area contributed by atoms with Crippen molar-refractivity contribution in [2.75, 3.05) is 13.1 Å². The molecular weight excluding hydrogens is 286 g/mol. The molecule has 0 aromatic carbocycles. The van der Waals surface area contributed by atoms with Crippen LogP contribution < -0.4 is 5.32 Å². The lowest BCUT2D eigenvalue weighted by Gasteiger charge is -2.34. The van der Waals surface area contributed by atoms with Gasteiger partial charge in [0.15, 0.2) is 0 Å². The van der Waals surface area contributed by atoms with E-state index >= 15 is 0 Å². The standard InChI is InChI=1S/C14H15N5OS/c1-5-16-19(8-1)14(3-6-15-7-4-14)13-17-12(18-20-13)11-2-9-21-10-11/h1-2,5,8-10,15H,3-4,6-7H2. The Kier molecular flexibility index (Phi) is 3.08. The first-order valence-electron chi connectivity index (χ1n) is 6.96. The number of nitrogens with zero attached hydrogens (tertiary/aromatic N) is 4. The average Bonchev–Trinajstić information content (AvgIpc) is 3.27. The van der Waals surface area contributed by atoms with Gasteiger partial charge in [-0.3, -0.25) is 4.68 Å². The van der Waals surface area contributed by atoms with Crippen molar-refractivity contribution in [2.24, 2.45) is 0 Å². The van der Waals surface area contributed by atoms with Gasteiger partial charge < -0.3 is 9.84 Å². The zero-order valence-corrected chi connectivity index (χ0v) is 12.2. The van der Waals surface area contributed by atoms with Crippen LogP contribution in [-0.4, -0.2) is 33.0 Å². The molecule has 4 rings (SSSR count). The Labute approximate surface area is 125 Å². The van der Waals surface area contributed by atoms with E-state index in [9.17, 15) is 0 Å². The maximum atomic E-state index is 5.61. The fourth-order valence-corrected chi connectivity index (χ4v) is 3.46. The first-order chi connectivity index (χ1) is 10.4. The van der Waals surface area contributed by atoms with Crippen molar-refractivity contribution >= 4 is 11.3 Å². The minimum absolute atomic E-state index is 0.337. The summed E-state index contributed by atoms with van der Waals surface area (Å²) in [7, 11) is 0. The molecule has 3 aromatic rings. The van der Waals surface area contributed by atoms with Gasteiger partial charge in [-0.05, 0) is 43.4 Å². The Morgan fingerprint density at radius 2 is 2.24 bits per heavy atom. The predicted molar refractivity (Wildman–Crippen MR) is 79.0 cm³/mol. The second-order valence-electron chi connectivity index (χ2n) is 5.17. The fourth-order valence-electron chi connectivity index (χ4n) is 2.82. The van der Waals surface area contributed by atoms with Crippen LogP contribution in [0.25, 0.3) is 11.4 Å². The Morgan fingerprint density at radius 3 is 2.95 bits per heavy atom. The van der Waals surface area contributed by atoms with E-state index in [0.29, 0.717) is 11.7 Å². The zero-order chi connectivity index (χ0) is 14.1. The third kappa shape index (κ3) is 2.09. The second kappa shape index (κ2) is 5.09. The van der Waals surface area contributed by atoms with Gasteiger partial charge in [-0.1, -0.05) is 5.16 Å². The SMILES string of the molecule is c1cnn(C2(c3nc(-c4ccsc4)no3)CCNCC2)c1. The monoisotopic (exact) mass is 301 g/mol. The van der Waals surface area contributed by atoms with Crippen molar-refractivity contribution in [3.63, 3.8) is 0 Å². The summed E-state index contributed by atoms with van der Waals surface area (Å²) < 4.78 is 7.57. The third-order valence-electron chi connectivity index (χ3n) is 3.98. The molecule has 4 heterocycles. The Balaban J connectivity index is 1.77. The molecule has 0 aliphatic carbocycles. The van der Waals surface area contributed by atoms with Gasteiger partial charge in [0.2, 0.25) is 5.82 Å². The molecule has 0 bridgehead atoms. The second-order valence-corrected chi connectivity index (χ2v) is 5.95. The highest BCUT2D eigenvalue weighted by molar-refractivity contribution is 7.08. The molecule has 0 amide bonds. The number of rotatable bonds is 3. The highest BCUT2D eigenvalue weighted by atomic mass is 32.1. The van der Waals surface area contributed by atoms with E-state index in [1.807, 2.05) is 33.8 Å². The normalized spacial score (nSPS) is 17.9. The van der Waals surface area contributed by atoms with E-state index in [-0.39, 0.29) is 5.54 Å². The molecule has 1 N–H and O–H groups in total. The van der Waals surface area contributed by atoms with Gasteiger partial charge >= 0.3 is 0 Å². The van der Waals surface area contributed by atoms with Crippen LogP contribution in [-0.2, 0) is 5.54 Å². The van der Waals surface area contributed by atoms with E-state index in [4.69, 9.17) is 4.52 Å². The van der Waals surface area contributed by atoms with Gasteiger partial charge in [0.1, 0.15) is 5.54 Å². The summed E-state index contributed by atoms with van der Waals surface area (Å²) >= 11 is 1.63. The minimum atomic E-state index is -0.337. The van der Waals surface area contributed by atoms with Crippen LogP contribution in [0.5, 0.6) is 0 Å². The lowest BCUT2D eigenvalue weighted by Crippen LogP contribution is -2.45. The number of hydrogen-bond acceptors (Lipinski definition) is 6. The van der Waals surface area contributed by atoms with Crippen molar-refractivity contribution in [1.29, 1.82) is 0 Å². The molecule has 0 radical (unpaired) electrons. The van der Waals surface area contributed by atoms with E-state index in [1.54, 1.807) is 17.5 Å². The fraction of sp³-hybridized carbons (Fsp3) is 0.357. The maximum Gasteiger partial charge on any atom is 0.255 e. The maximum absolute atomic E-state index is 5.61. The highest BCUT2D eigenvalue weighted by Gasteiger charge is 2.41. The molecule has 6 nitrogen and oxygen atoms in total. The molecule has 108 valence electrons. The molecule has 21 heavy (non-hydrogen) atoms. The van der Waals surface area contributed by atoms with Crippen LogP contribution in [0.4, 0.5) is 0 Å². The number of aromatic nitrogens is 4. The summed E-state index contributed by atoms with van der Waals surface area (Å²) in [6.07, 6.45) is 5.54. The quantitative estimate of drug-likeness (QED) is 0.802. The summed E-state index contributed by atoms with van der Waals surface area (Å²) in [5, 5.41) is 16.0. The van der Waals surface area contributed by atoms with Crippen molar-refractivity contribution < 1.29 is 4.52 Å². The van der Waals surface area contributed by atoms with Gasteiger partial charge in [-0.15, -0.1) is 0 Å². The summed E-state index contributed by atoms with van der Waals surface area (Å²) in [5.41, 5.74) is 0.662. The summed E-state index contributed by atoms with van der Waals surface area (Å²) in [5.74, 6) is 1.30. The largest absolute Gasteiger partial charge is 0.336 e. The average molecular weight is 301 g/mol. The molecule has 1 saturated heterocycles. The van der Waals surface area contributed by atoms with Crippen molar-refractivity contribution in [3.05, 3.63) is 41.2 Å². The van der Waals surface area contributed by atoms with Crippen LogP contribution in [0.15, 0.2) is 39.8 Å². The lowest BCUT2D eigenvalue weighted by atomic mass is 9.88. The van der Waals surface area contributed by atoms with E-state index in [1.165, 1.54) is 0 Å². The molecule has 1 aliphatic rings. The first-order valence-corrected chi connectivity index (χ1v) is 7.90. The van der Waals surface area contributed by atoms with Gasteiger partial charge in [-0.2, -0.15) is 21.4 Å². The lowest BCUT2D eigenvalue weighted by molar-refractivity contribution is 0.172. The van der Waals surface area contributed by atoms with Gasteiger partial charge in [-0.25, -0.2) is 0 Å². The third-order valence-corrected chi connectivity index (χ3v) is 4.66. The minimum Gasteiger partial charge on any atom is -0.336 e. The smallest absolute Gasteiger partial charge is 0.255 e. The molecule has 0 spiro atoms. The predicted octanol–water partition coefficient (Wildman–Crippen LogP) is 2.12. The summed E-state index contributed by atoms with van der Waals surface area (Å²) in [6, 6.07) is 3.93. The van der Waals surface area contributed by atoms with Crippen molar-refractivity contribution in [3.8, 4) is 11.4 Å². The van der Waals surface area contributed by atoms with Gasteiger partial charge in [0.05, 0.1) is 0 Å². The molecule has 3 aromatic heterocycles. The molecular formula is C14H15N5OS. The Morgan fingerprint density at radius 1 is 1.33 bits per heavy atom. The van der Waals surface area contributed by atoms with Gasteiger partial charge in [0.25, 0.3) is 5.89 Å². The van der Waals surface area contributed by atoms with Crippen LogP contribution in [0.1, 0.15) is 18.7 Å². The molecule has 7 heteroatoms. The van der Waals surface area contributed by atoms with E-state index in [2.05, 4.69) is 20.6 Å². The number of piperidine rings is 1. The van der Waals surface area contributed by atoms with Crippen LogP contribution in [0.3, 0.4) is 0 Å². The highest BCUT2D eigenvalue weighted by Crippen LogP contribution is 2.34. The molecule has 1 aliphatic heterocycles. The molecule has 0 atom stereocenters. The molecule has 1 fully saturated rings. The molecule has 0 saturated carbocycles. The van der Waals surface area contributed by atoms with Crippen molar-refractivity contribution in [1.82, 2.24) is 25.2 Å². The Hall–Kier alpha value is -1.99.